The molecule has 1 saturated heterocycles. The molecular weight excluding hydrogens is 432 g/mol. The molecule has 4 rings (SSSR count). The highest BCUT2D eigenvalue weighted by Gasteiger charge is 2.36. The molecule has 0 radical (unpaired) electrons. The molecule has 160 valence electrons. The molecule has 0 spiro atoms. The molecule has 2 aliphatic rings. The average Bonchev–Trinajstić information content (AvgIpc) is 3.00. The summed E-state index contributed by atoms with van der Waals surface area (Å²) in [5, 5.41) is 2.47. The van der Waals surface area contributed by atoms with E-state index in [9.17, 15) is 14.4 Å². The van der Waals surface area contributed by atoms with Gasteiger partial charge >= 0.3 is 0 Å². The lowest BCUT2D eigenvalue weighted by Gasteiger charge is -2.39. The Kier molecular flexibility index (Phi) is 5.48. The standard InChI is InChI=1S/C24H23ClN2O3S/c1-5-27-19-11-15(13(2)8-17(19)24(3,4)12-21(27)28)16-9-14(6-7-18(16)25)10-20-22(29)26-23(30)31-20/h6-11H,5,12H2,1-4H3,(H,26,29,30). The SMILES string of the molecule is CCN1C(=O)CC(C)(C)c2cc(C)c(-c3cc(C=C4SC(=O)NC4=O)ccc3Cl)cc21. The molecule has 2 aromatic rings. The first-order valence-electron chi connectivity index (χ1n) is 10.1. The Hall–Kier alpha value is -2.57. The number of halogens is 1. The number of hydrogen-bond donors (Lipinski definition) is 1. The number of anilines is 1. The molecule has 0 atom stereocenters. The fourth-order valence-corrected chi connectivity index (χ4v) is 5.11. The number of fused-ring (bicyclic) bond motifs is 1. The van der Waals surface area contributed by atoms with Crippen molar-refractivity contribution in [1.82, 2.24) is 5.32 Å². The second-order valence-electron chi connectivity index (χ2n) is 8.47. The van der Waals surface area contributed by atoms with Crippen molar-refractivity contribution in [1.29, 1.82) is 0 Å². The first-order chi connectivity index (χ1) is 14.6. The number of thioether (sulfide) groups is 1. The quantitative estimate of drug-likeness (QED) is 0.606. The number of hydrogen-bond acceptors (Lipinski definition) is 4. The second kappa shape index (κ2) is 7.84. The van der Waals surface area contributed by atoms with Gasteiger partial charge in [-0.05, 0) is 72.1 Å². The largest absolute Gasteiger partial charge is 0.312 e. The molecule has 2 aliphatic heterocycles. The summed E-state index contributed by atoms with van der Waals surface area (Å²) < 4.78 is 0. The molecule has 5 nitrogen and oxygen atoms in total. The number of aryl methyl sites for hydroxylation is 1. The number of nitrogens with zero attached hydrogens (tertiary/aromatic N) is 1. The van der Waals surface area contributed by atoms with E-state index in [0.717, 1.165) is 45.3 Å². The van der Waals surface area contributed by atoms with E-state index >= 15 is 0 Å². The van der Waals surface area contributed by atoms with Crippen molar-refractivity contribution >= 4 is 52.2 Å². The van der Waals surface area contributed by atoms with Crippen LogP contribution in [0.2, 0.25) is 5.02 Å². The van der Waals surface area contributed by atoms with E-state index in [0.29, 0.717) is 22.9 Å². The molecule has 2 aromatic carbocycles. The summed E-state index contributed by atoms with van der Waals surface area (Å²) in [6.07, 6.45) is 2.17. The normalized spacial score (nSPS) is 19.1. The molecular formula is C24H23ClN2O3S. The summed E-state index contributed by atoms with van der Waals surface area (Å²) in [5.41, 5.74) is 5.42. The van der Waals surface area contributed by atoms with Gasteiger partial charge in [-0.15, -0.1) is 0 Å². The van der Waals surface area contributed by atoms with Gasteiger partial charge < -0.3 is 4.90 Å². The number of rotatable bonds is 3. The minimum atomic E-state index is -0.393. The van der Waals surface area contributed by atoms with Crippen molar-refractivity contribution in [3.8, 4) is 11.1 Å². The van der Waals surface area contributed by atoms with Crippen molar-refractivity contribution in [2.75, 3.05) is 11.4 Å². The highest BCUT2D eigenvalue weighted by molar-refractivity contribution is 8.18. The van der Waals surface area contributed by atoms with Gasteiger partial charge in [-0.3, -0.25) is 19.7 Å². The summed E-state index contributed by atoms with van der Waals surface area (Å²) in [6.45, 7) is 8.82. The maximum absolute atomic E-state index is 12.7. The Morgan fingerprint density at radius 3 is 2.55 bits per heavy atom. The fourth-order valence-electron chi connectivity index (χ4n) is 4.21. The zero-order chi connectivity index (χ0) is 22.5. The Morgan fingerprint density at radius 1 is 1.16 bits per heavy atom. The van der Waals surface area contributed by atoms with Gasteiger partial charge in [0, 0.05) is 34.7 Å². The van der Waals surface area contributed by atoms with Crippen LogP contribution in [-0.2, 0) is 15.0 Å². The van der Waals surface area contributed by atoms with Gasteiger partial charge in [0.1, 0.15) is 0 Å². The summed E-state index contributed by atoms with van der Waals surface area (Å²) >= 11 is 7.45. The Balaban J connectivity index is 1.85. The first-order valence-corrected chi connectivity index (χ1v) is 11.3. The highest BCUT2D eigenvalue weighted by atomic mass is 35.5. The van der Waals surface area contributed by atoms with Gasteiger partial charge in [0.2, 0.25) is 5.91 Å². The van der Waals surface area contributed by atoms with Crippen molar-refractivity contribution < 1.29 is 14.4 Å². The van der Waals surface area contributed by atoms with Crippen LogP contribution >= 0.6 is 23.4 Å². The number of benzene rings is 2. The minimum absolute atomic E-state index is 0.119. The summed E-state index contributed by atoms with van der Waals surface area (Å²) in [5.74, 6) is -0.274. The van der Waals surface area contributed by atoms with Gasteiger partial charge in [0.25, 0.3) is 11.1 Å². The molecule has 0 aromatic heterocycles. The van der Waals surface area contributed by atoms with Crippen molar-refractivity contribution in [3.63, 3.8) is 0 Å². The second-order valence-corrected chi connectivity index (χ2v) is 9.90. The minimum Gasteiger partial charge on any atom is -0.312 e. The van der Waals surface area contributed by atoms with Gasteiger partial charge in [0.15, 0.2) is 0 Å². The topological polar surface area (TPSA) is 66.5 Å². The maximum Gasteiger partial charge on any atom is 0.290 e. The van der Waals surface area contributed by atoms with E-state index in [-0.39, 0.29) is 16.6 Å². The smallest absolute Gasteiger partial charge is 0.290 e. The Bertz CT molecular complexity index is 1170. The van der Waals surface area contributed by atoms with Crippen LogP contribution in [-0.4, -0.2) is 23.6 Å². The van der Waals surface area contributed by atoms with Crippen molar-refractivity contribution in [2.24, 2.45) is 0 Å². The van der Waals surface area contributed by atoms with E-state index in [1.54, 1.807) is 12.1 Å². The predicted molar refractivity (Wildman–Crippen MR) is 126 cm³/mol. The number of carbonyl (C=O) groups excluding carboxylic acids is 3. The Morgan fingerprint density at radius 2 is 1.90 bits per heavy atom. The molecule has 0 aliphatic carbocycles. The van der Waals surface area contributed by atoms with E-state index in [4.69, 9.17) is 11.6 Å². The fraction of sp³-hybridized carbons (Fsp3) is 0.292. The van der Waals surface area contributed by atoms with Crippen LogP contribution in [0.3, 0.4) is 0 Å². The van der Waals surface area contributed by atoms with Gasteiger partial charge in [0.05, 0.1) is 4.91 Å². The summed E-state index contributed by atoms with van der Waals surface area (Å²) in [4.78, 5) is 38.3. The van der Waals surface area contributed by atoms with Gasteiger partial charge in [-0.25, -0.2) is 0 Å². The molecule has 3 amide bonds. The van der Waals surface area contributed by atoms with Crippen LogP contribution in [0.25, 0.3) is 17.2 Å². The molecule has 7 heteroatoms. The van der Waals surface area contributed by atoms with Gasteiger partial charge in [-0.2, -0.15) is 0 Å². The Labute approximate surface area is 190 Å². The monoisotopic (exact) mass is 454 g/mol. The third-order valence-electron chi connectivity index (χ3n) is 5.79. The molecule has 2 heterocycles. The van der Waals surface area contributed by atoms with Crippen LogP contribution in [0.15, 0.2) is 35.2 Å². The molecule has 0 saturated carbocycles. The average molecular weight is 455 g/mol. The molecule has 1 fully saturated rings. The lowest BCUT2D eigenvalue weighted by molar-refractivity contribution is -0.120. The molecule has 31 heavy (non-hydrogen) atoms. The van der Waals surface area contributed by atoms with Crippen LogP contribution in [0.5, 0.6) is 0 Å². The van der Waals surface area contributed by atoms with Crippen LogP contribution in [0.1, 0.15) is 43.9 Å². The summed E-state index contributed by atoms with van der Waals surface area (Å²) in [7, 11) is 0. The predicted octanol–water partition coefficient (Wildman–Crippen LogP) is 5.67. The van der Waals surface area contributed by atoms with Crippen LogP contribution < -0.4 is 10.2 Å². The lowest BCUT2D eigenvalue weighted by Crippen LogP contribution is -2.41. The first kappa shape index (κ1) is 21.7. The van der Waals surface area contributed by atoms with E-state index in [2.05, 4.69) is 25.2 Å². The number of carbonyl (C=O) groups is 3. The van der Waals surface area contributed by atoms with Crippen LogP contribution in [0, 0.1) is 6.92 Å². The number of imide groups is 1. The number of nitrogens with one attached hydrogen (secondary N) is 1. The maximum atomic E-state index is 12.7. The molecule has 0 unspecified atom stereocenters. The number of amides is 3. The molecule has 1 N–H and O–H groups in total. The molecule has 0 bridgehead atoms. The lowest BCUT2D eigenvalue weighted by atomic mass is 9.75. The zero-order valence-electron chi connectivity index (χ0n) is 17.8. The third-order valence-corrected chi connectivity index (χ3v) is 6.93. The van der Waals surface area contributed by atoms with Crippen molar-refractivity contribution in [3.05, 3.63) is 56.9 Å². The highest BCUT2D eigenvalue weighted by Crippen LogP contribution is 2.44. The summed E-state index contributed by atoms with van der Waals surface area (Å²) in [6, 6.07) is 9.71. The van der Waals surface area contributed by atoms with Crippen molar-refractivity contribution in [2.45, 2.75) is 39.5 Å². The van der Waals surface area contributed by atoms with E-state index in [1.165, 1.54) is 0 Å². The van der Waals surface area contributed by atoms with E-state index < -0.39 is 5.91 Å². The van der Waals surface area contributed by atoms with Crippen LogP contribution in [0.4, 0.5) is 10.5 Å². The van der Waals surface area contributed by atoms with E-state index in [1.807, 2.05) is 36.9 Å². The zero-order valence-corrected chi connectivity index (χ0v) is 19.4. The third kappa shape index (κ3) is 3.90. The van der Waals surface area contributed by atoms with Gasteiger partial charge in [-0.1, -0.05) is 37.6 Å².